The van der Waals surface area contributed by atoms with Crippen molar-refractivity contribution in [1.29, 1.82) is 0 Å². The molecule has 0 atom stereocenters. The van der Waals surface area contributed by atoms with Crippen LogP contribution in [0.2, 0.25) is 0 Å². The quantitative estimate of drug-likeness (QED) is 0.581. The van der Waals surface area contributed by atoms with E-state index in [4.69, 9.17) is 0 Å². The van der Waals surface area contributed by atoms with E-state index in [2.05, 4.69) is 10.4 Å². The average Bonchev–Trinajstić information content (AvgIpc) is 3.46. The topological polar surface area (TPSA) is 84.3 Å². The normalized spacial score (nSPS) is 13.0. The second-order valence-electron chi connectivity index (χ2n) is 6.70. The maximum absolute atomic E-state index is 12.3. The summed E-state index contributed by atoms with van der Waals surface area (Å²) >= 11 is 1.64. The van der Waals surface area contributed by atoms with Crippen molar-refractivity contribution in [2.45, 2.75) is 19.4 Å². The number of thiophene rings is 1. The molecule has 0 saturated carbocycles. The number of benzene rings is 1. The van der Waals surface area contributed by atoms with Crippen LogP contribution in [0.5, 0.6) is 0 Å². The minimum absolute atomic E-state index is 0.104. The summed E-state index contributed by atoms with van der Waals surface area (Å²) in [6.07, 6.45) is 2.58. The van der Waals surface area contributed by atoms with Gasteiger partial charge in [-0.25, -0.2) is 0 Å². The first-order valence-corrected chi connectivity index (χ1v) is 10.3. The summed E-state index contributed by atoms with van der Waals surface area (Å²) < 4.78 is 1.80. The van der Waals surface area contributed by atoms with Crippen molar-refractivity contribution in [3.63, 3.8) is 0 Å². The Morgan fingerprint density at radius 1 is 1.00 bits per heavy atom. The van der Waals surface area contributed by atoms with Crippen LogP contribution in [-0.4, -0.2) is 45.5 Å². The summed E-state index contributed by atoms with van der Waals surface area (Å²) in [5, 5.41) is 9.36. The molecule has 0 radical (unpaired) electrons. The zero-order valence-electron chi connectivity index (χ0n) is 15.7. The van der Waals surface area contributed by atoms with Gasteiger partial charge in [-0.1, -0.05) is 18.2 Å². The molecule has 0 unspecified atom stereocenters. The van der Waals surface area contributed by atoms with E-state index >= 15 is 0 Å². The van der Waals surface area contributed by atoms with Crippen LogP contribution in [0, 0.1) is 0 Å². The Balaban J connectivity index is 1.19. The Bertz CT molecular complexity index is 1010. The number of carbonyl (C=O) groups excluding carboxylic acids is 3. The molecule has 0 saturated heterocycles. The number of hydrogen-bond acceptors (Lipinski definition) is 5. The average molecular weight is 408 g/mol. The molecule has 29 heavy (non-hydrogen) atoms. The maximum Gasteiger partial charge on any atom is 0.261 e. The molecule has 8 heteroatoms. The van der Waals surface area contributed by atoms with Crippen molar-refractivity contribution in [2.24, 2.45) is 0 Å². The number of rotatable bonds is 8. The summed E-state index contributed by atoms with van der Waals surface area (Å²) in [5.74, 6) is -0.676. The van der Waals surface area contributed by atoms with Crippen LogP contribution in [0.3, 0.4) is 0 Å². The van der Waals surface area contributed by atoms with Crippen molar-refractivity contribution in [2.75, 3.05) is 13.1 Å². The first-order valence-electron chi connectivity index (χ1n) is 9.43. The molecule has 1 N–H and O–H groups in total. The molecule has 0 fully saturated rings. The van der Waals surface area contributed by atoms with Crippen molar-refractivity contribution in [3.8, 4) is 10.6 Å². The standard InChI is InChI=1S/C21H20N4O3S/c26-19(22-10-13-24-12-9-17(23-24)18-7-4-14-29-18)8-3-11-25-20(27)15-5-1-2-6-16(15)21(25)28/h1-2,4-7,9,12,14H,3,8,10-11,13H2,(H,22,26). The minimum Gasteiger partial charge on any atom is -0.354 e. The van der Waals surface area contributed by atoms with Gasteiger partial charge in [-0.05, 0) is 36.1 Å². The van der Waals surface area contributed by atoms with Gasteiger partial charge in [-0.2, -0.15) is 5.10 Å². The van der Waals surface area contributed by atoms with Crippen LogP contribution < -0.4 is 5.32 Å². The Labute approximate surface area is 172 Å². The summed E-state index contributed by atoms with van der Waals surface area (Å²) in [6.45, 7) is 1.29. The molecular weight excluding hydrogens is 388 g/mol. The van der Waals surface area contributed by atoms with Gasteiger partial charge >= 0.3 is 0 Å². The minimum atomic E-state index is -0.286. The lowest BCUT2D eigenvalue weighted by Gasteiger charge is -2.13. The summed E-state index contributed by atoms with van der Waals surface area (Å²) in [6, 6.07) is 12.8. The fourth-order valence-electron chi connectivity index (χ4n) is 3.28. The van der Waals surface area contributed by atoms with Gasteiger partial charge in [0.2, 0.25) is 5.91 Å². The molecule has 1 aliphatic rings. The molecule has 148 valence electrons. The number of fused-ring (bicyclic) bond motifs is 1. The highest BCUT2D eigenvalue weighted by Crippen LogP contribution is 2.23. The van der Waals surface area contributed by atoms with E-state index in [0.29, 0.717) is 30.6 Å². The predicted octanol–water partition coefficient (Wildman–Crippen LogP) is 2.80. The van der Waals surface area contributed by atoms with E-state index < -0.39 is 0 Å². The summed E-state index contributed by atoms with van der Waals surface area (Å²) in [4.78, 5) is 39.0. The second kappa shape index (κ2) is 8.40. The van der Waals surface area contributed by atoms with E-state index in [1.807, 2.05) is 29.8 Å². The number of hydrogen-bond donors (Lipinski definition) is 1. The highest BCUT2D eigenvalue weighted by Gasteiger charge is 2.34. The van der Waals surface area contributed by atoms with Crippen LogP contribution in [0.1, 0.15) is 33.6 Å². The van der Waals surface area contributed by atoms with E-state index in [-0.39, 0.29) is 30.7 Å². The Morgan fingerprint density at radius 2 is 1.76 bits per heavy atom. The van der Waals surface area contributed by atoms with Crippen molar-refractivity contribution < 1.29 is 14.4 Å². The van der Waals surface area contributed by atoms with Crippen molar-refractivity contribution >= 4 is 29.1 Å². The monoisotopic (exact) mass is 408 g/mol. The van der Waals surface area contributed by atoms with E-state index in [1.165, 1.54) is 4.90 Å². The third kappa shape index (κ3) is 4.12. The highest BCUT2D eigenvalue weighted by atomic mass is 32.1. The Morgan fingerprint density at radius 3 is 2.45 bits per heavy atom. The van der Waals surface area contributed by atoms with Gasteiger partial charge in [0.25, 0.3) is 11.8 Å². The van der Waals surface area contributed by atoms with Gasteiger partial charge < -0.3 is 5.32 Å². The van der Waals surface area contributed by atoms with E-state index in [9.17, 15) is 14.4 Å². The number of aromatic nitrogens is 2. The number of imide groups is 1. The second-order valence-corrected chi connectivity index (χ2v) is 7.65. The molecular formula is C21H20N4O3S. The highest BCUT2D eigenvalue weighted by molar-refractivity contribution is 7.13. The van der Waals surface area contributed by atoms with Crippen LogP contribution in [0.15, 0.2) is 54.0 Å². The molecule has 3 aromatic rings. The van der Waals surface area contributed by atoms with Crippen LogP contribution >= 0.6 is 11.3 Å². The fourth-order valence-corrected chi connectivity index (χ4v) is 3.97. The first-order chi connectivity index (χ1) is 14.1. The Hall–Kier alpha value is -3.26. The lowest BCUT2D eigenvalue weighted by atomic mass is 10.1. The fraction of sp³-hybridized carbons (Fsp3) is 0.238. The largest absolute Gasteiger partial charge is 0.354 e. The van der Waals surface area contributed by atoms with Gasteiger partial charge in [0.05, 0.1) is 22.5 Å². The molecule has 3 amide bonds. The molecule has 0 spiro atoms. The number of carbonyl (C=O) groups is 3. The maximum atomic E-state index is 12.3. The van der Waals surface area contributed by atoms with Crippen LogP contribution in [0.4, 0.5) is 0 Å². The summed E-state index contributed by atoms with van der Waals surface area (Å²) in [5.41, 5.74) is 1.79. The number of nitrogens with one attached hydrogen (secondary N) is 1. The molecule has 7 nitrogen and oxygen atoms in total. The van der Waals surface area contributed by atoms with Gasteiger partial charge in [-0.3, -0.25) is 24.0 Å². The van der Waals surface area contributed by atoms with Crippen molar-refractivity contribution in [3.05, 3.63) is 65.2 Å². The van der Waals surface area contributed by atoms with E-state index in [0.717, 1.165) is 10.6 Å². The van der Waals surface area contributed by atoms with Crippen molar-refractivity contribution in [1.82, 2.24) is 20.0 Å². The number of amides is 3. The first kappa shape index (κ1) is 19.1. The van der Waals surface area contributed by atoms with Crippen LogP contribution in [0.25, 0.3) is 10.6 Å². The van der Waals surface area contributed by atoms with Gasteiger partial charge in [0, 0.05) is 25.7 Å². The third-order valence-corrected chi connectivity index (χ3v) is 5.63. The lowest BCUT2D eigenvalue weighted by Crippen LogP contribution is -2.32. The lowest BCUT2D eigenvalue weighted by molar-refractivity contribution is -0.121. The van der Waals surface area contributed by atoms with Gasteiger partial charge in [0.15, 0.2) is 0 Å². The third-order valence-electron chi connectivity index (χ3n) is 4.74. The zero-order valence-corrected chi connectivity index (χ0v) is 16.5. The Kier molecular flexibility index (Phi) is 5.53. The SMILES string of the molecule is O=C(CCCN1C(=O)c2ccccc2C1=O)NCCn1ccc(-c2cccs2)n1. The zero-order chi connectivity index (χ0) is 20.2. The smallest absolute Gasteiger partial charge is 0.261 e. The van der Waals surface area contributed by atoms with E-state index in [1.54, 1.807) is 40.3 Å². The molecule has 0 bridgehead atoms. The van der Waals surface area contributed by atoms with Gasteiger partial charge in [-0.15, -0.1) is 11.3 Å². The molecule has 2 aromatic heterocycles. The summed E-state index contributed by atoms with van der Waals surface area (Å²) in [7, 11) is 0. The molecule has 3 heterocycles. The molecule has 4 rings (SSSR count). The predicted molar refractivity (Wildman–Crippen MR) is 110 cm³/mol. The molecule has 1 aliphatic heterocycles. The molecule has 0 aliphatic carbocycles. The van der Waals surface area contributed by atoms with Crippen LogP contribution in [-0.2, 0) is 11.3 Å². The van der Waals surface area contributed by atoms with Gasteiger partial charge in [0.1, 0.15) is 5.69 Å². The molecule has 1 aromatic carbocycles. The number of nitrogens with zero attached hydrogens (tertiary/aromatic N) is 3.